The van der Waals surface area contributed by atoms with E-state index in [1.54, 1.807) is 5.32 Å². The van der Waals surface area contributed by atoms with E-state index in [4.69, 9.17) is 34.9 Å². The summed E-state index contributed by atoms with van der Waals surface area (Å²) in [4.78, 5) is 98.0. The van der Waals surface area contributed by atoms with Gasteiger partial charge in [-0.15, -0.1) is 25.3 Å². The maximum atomic E-state index is 13.3. The number of Topliss-reactive ketones (excluding diaryl/α,β-unsaturated/α-hetero) is 2. The van der Waals surface area contributed by atoms with Crippen LogP contribution in [0.4, 0.5) is 0 Å². The maximum absolute atomic E-state index is 13.3. The molecule has 0 aliphatic rings. The van der Waals surface area contributed by atoms with E-state index in [0.29, 0.717) is 6.07 Å². The van der Waals surface area contributed by atoms with Crippen molar-refractivity contribution in [3.63, 3.8) is 0 Å². The Morgan fingerprint density at radius 1 is 0.667 bits per heavy atom. The molecule has 54 heavy (non-hydrogen) atoms. The number of hydrogen-bond donors (Lipinski definition) is 7. The van der Waals surface area contributed by atoms with Crippen LogP contribution in [0.15, 0.2) is 12.1 Å². The minimum atomic E-state index is -5.09. The number of ether oxygens (including phenoxy) is 1. The summed E-state index contributed by atoms with van der Waals surface area (Å²) in [5.74, 6) is -11.1. The average molecular weight is 855 g/mol. The van der Waals surface area contributed by atoms with Crippen LogP contribution in [0.2, 0.25) is 0 Å². The lowest BCUT2D eigenvalue weighted by molar-refractivity contribution is -0.141. The van der Waals surface area contributed by atoms with Gasteiger partial charge in [-0.05, 0) is 39.8 Å². The standard InChI is InChI=1S/C24H30N4O16S2.2O3S/c1-10(20(32)26-11(2)24(36)37)25-21(33)16-6-17(15(13(4)31)5-14(16)12(3)30)22(34)27-18(7-45(38,39)40)23(35)28-19(44-9-29)8-46(41,42)43;2*1-4(2)3/h5-6,9-11,18-19H,7-8H2,1-4H3,(H,25,33)(H,26,32)(H,27,34)(H,28,35)(H,36,37)(H,38,39,40)(H,41,42,43);;/t10?,11-,18?,19+;;/m1../s1. The lowest BCUT2D eigenvalue weighted by Crippen LogP contribution is -2.54. The van der Waals surface area contributed by atoms with Crippen LogP contribution in [0.5, 0.6) is 0 Å². The Morgan fingerprint density at radius 3 is 1.41 bits per heavy atom. The topological polar surface area (TPSA) is 425 Å². The average Bonchev–Trinajstić information content (AvgIpc) is 2.97. The number of aliphatic carboxylic acids is 1. The summed E-state index contributed by atoms with van der Waals surface area (Å²) in [6.07, 6.45) is -2.10. The first-order valence-corrected chi connectivity index (χ1v) is 18.8. The summed E-state index contributed by atoms with van der Waals surface area (Å²) in [5.41, 5.74) is -2.24. The molecule has 0 fully saturated rings. The number of carbonyl (C=O) groups excluding carboxylic acids is 7. The van der Waals surface area contributed by atoms with Crippen molar-refractivity contribution >= 4 is 89.1 Å². The molecule has 0 bridgehead atoms. The summed E-state index contributed by atoms with van der Waals surface area (Å²) >= 11 is 0. The molecule has 2 unspecified atom stereocenters. The van der Waals surface area contributed by atoms with Crippen LogP contribution in [0.25, 0.3) is 0 Å². The molecule has 0 aliphatic heterocycles. The summed E-state index contributed by atoms with van der Waals surface area (Å²) in [7, 11) is -16.2. The molecule has 4 atom stereocenters. The Bertz CT molecular complexity index is 2060. The third-order valence-electron chi connectivity index (χ3n) is 5.76. The van der Waals surface area contributed by atoms with Gasteiger partial charge in [0.1, 0.15) is 29.6 Å². The summed E-state index contributed by atoms with van der Waals surface area (Å²) in [6.45, 7) is 3.93. The number of carbonyl (C=O) groups is 8. The van der Waals surface area contributed by atoms with Gasteiger partial charge in [-0.25, -0.2) is 0 Å². The predicted octanol–water partition coefficient (Wildman–Crippen LogP) is -4.72. The van der Waals surface area contributed by atoms with Crippen LogP contribution in [0, 0.1) is 0 Å². The second-order valence-electron chi connectivity index (χ2n) is 9.98. The number of carboxylic acid groups (broad SMARTS) is 1. The first kappa shape index (κ1) is 50.5. The van der Waals surface area contributed by atoms with Crippen LogP contribution >= 0.6 is 0 Å². The van der Waals surface area contributed by atoms with Crippen LogP contribution in [-0.2, 0) is 65.4 Å². The first-order valence-electron chi connectivity index (χ1n) is 13.6. The van der Waals surface area contributed by atoms with Crippen molar-refractivity contribution in [3.8, 4) is 0 Å². The van der Waals surface area contributed by atoms with Gasteiger partial charge in [-0.2, -0.15) is 16.8 Å². The van der Waals surface area contributed by atoms with Crippen molar-refractivity contribution in [2.75, 3.05) is 11.5 Å². The highest BCUT2D eigenvalue weighted by Crippen LogP contribution is 2.20. The molecule has 1 aromatic rings. The van der Waals surface area contributed by atoms with E-state index >= 15 is 0 Å². The monoisotopic (exact) mass is 854 g/mol. The molecule has 7 N–H and O–H groups in total. The number of amides is 4. The molecule has 1 rings (SSSR count). The van der Waals surface area contributed by atoms with Crippen molar-refractivity contribution < 1.29 is 99.4 Å². The molecule has 0 aliphatic carbocycles. The fraction of sp³-hybridized carbons (Fsp3) is 0.417. The van der Waals surface area contributed by atoms with Crippen molar-refractivity contribution in [2.45, 2.75) is 52.0 Å². The Kier molecular flexibility index (Phi) is 21.1. The number of rotatable bonds is 17. The van der Waals surface area contributed by atoms with Gasteiger partial charge < -0.3 is 31.1 Å². The number of nitrogens with one attached hydrogen (secondary N) is 4. The van der Waals surface area contributed by atoms with Crippen LogP contribution in [-0.4, -0.2) is 140 Å². The lowest BCUT2D eigenvalue weighted by atomic mass is 9.93. The molecule has 1 aromatic carbocycles. The van der Waals surface area contributed by atoms with E-state index in [-0.39, 0.29) is 6.47 Å². The van der Waals surface area contributed by atoms with Crippen molar-refractivity contribution in [1.82, 2.24) is 21.3 Å². The molecule has 26 nitrogen and oxygen atoms in total. The minimum Gasteiger partial charge on any atom is -0.480 e. The molecule has 0 heterocycles. The van der Waals surface area contributed by atoms with E-state index in [2.05, 4.69) is 15.4 Å². The quantitative estimate of drug-likeness (QED) is 0.0335. The third kappa shape index (κ3) is 21.1. The molecular weight excluding hydrogens is 825 g/mol. The van der Waals surface area contributed by atoms with Crippen LogP contribution in [0.1, 0.15) is 69.1 Å². The zero-order valence-corrected chi connectivity index (χ0v) is 31.0. The zero-order valence-electron chi connectivity index (χ0n) is 27.7. The Labute approximate surface area is 307 Å². The molecule has 0 saturated carbocycles. The normalized spacial score (nSPS) is 12.8. The van der Waals surface area contributed by atoms with E-state index in [0.717, 1.165) is 33.8 Å². The van der Waals surface area contributed by atoms with Gasteiger partial charge >= 0.3 is 27.2 Å². The van der Waals surface area contributed by atoms with Gasteiger partial charge in [0.05, 0.1) is 11.1 Å². The number of ketones is 2. The molecule has 302 valence electrons. The summed E-state index contributed by atoms with van der Waals surface area (Å²) in [6, 6.07) is -3.48. The van der Waals surface area contributed by atoms with Gasteiger partial charge in [0.2, 0.25) is 11.8 Å². The van der Waals surface area contributed by atoms with Gasteiger partial charge in [-0.3, -0.25) is 47.5 Å². The highest BCUT2D eigenvalue weighted by Gasteiger charge is 2.32. The number of carboxylic acids is 1. The fourth-order valence-electron chi connectivity index (χ4n) is 3.56. The molecule has 0 aromatic heterocycles. The van der Waals surface area contributed by atoms with E-state index in [9.17, 15) is 59.7 Å². The smallest absolute Gasteiger partial charge is 0.425 e. The zero-order chi connectivity index (χ0) is 42.9. The minimum absolute atomic E-state index is 0.327. The van der Waals surface area contributed by atoms with Gasteiger partial charge in [0.15, 0.2) is 17.8 Å². The highest BCUT2D eigenvalue weighted by atomic mass is 32.2. The fourth-order valence-corrected chi connectivity index (χ4v) is 4.76. The first-order chi connectivity index (χ1) is 24.4. The number of benzene rings is 1. The molecule has 0 saturated heterocycles. The van der Waals surface area contributed by atoms with Gasteiger partial charge in [0.25, 0.3) is 38.5 Å². The molecule has 0 radical (unpaired) electrons. The second kappa shape index (κ2) is 22.5. The third-order valence-corrected chi connectivity index (χ3v) is 7.24. The lowest BCUT2D eigenvalue weighted by Gasteiger charge is -2.22. The SMILES string of the molecule is CC(=O)c1cc(C(C)=O)c(C(=O)NC(CS(=O)(=O)O)C(=O)N[C@H](CS(=O)(=O)O)OC=O)cc1C(=O)NC(C)C(=O)N[C@H](C)C(=O)O.O=S(=O)=O.O=S(=O)=O. The highest BCUT2D eigenvalue weighted by molar-refractivity contribution is 7.86. The Balaban J connectivity index is 0. The molecule has 30 heteroatoms. The van der Waals surface area contributed by atoms with Gasteiger partial charge in [-0.1, -0.05) is 0 Å². The second-order valence-corrected chi connectivity index (χ2v) is 13.8. The largest absolute Gasteiger partial charge is 0.480 e. The van der Waals surface area contributed by atoms with Crippen LogP contribution in [0.3, 0.4) is 0 Å². The van der Waals surface area contributed by atoms with Crippen molar-refractivity contribution in [3.05, 3.63) is 34.4 Å². The van der Waals surface area contributed by atoms with E-state index in [1.807, 2.05) is 5.32 Å². The van der Waals surface area contributed by atoms with E-state index in [1.165, 1.54) is 0 Å². The summed E-state index contributed by atoms with van der Waals surface area (Å²) in [5, 5.41) is 16.8. The van der Waals surface area contributed by atoms with Crippen molar-refractivity contribution in [1.29, 1.82) is 0 Å². The summed E-state index contributed by atoms with van der Waals surface area (Å²) < 4.78 is 119. The van der Waals surface area contributed by atoms with Crippen LogP contribution < -0.4 is 21.3 Å². The Morgan fingerprint density at radius 2 is 1.06 bits per heavy atom. The number of hydrogen-bond acceptors (Lipinski definition) is 19. The molecule has 0 spiro atoms. The maximum Gasteiger partial charge on any atom is 0.425 e. The predicted molar refractivity (Wildman–Crippen MR) is 171 cm³/mol. The molecular formula is C24H30N4O22S4. The molecule has 4 amide bonds. The van der Waals surface area contributed by atoms with E-state index < -0.39 is 141 Å². The Hall–Kier alpha value is -5.56. The van der Waals surface area contributed by atoms with Gasteiger partial charge in [0, 0.05) is 11.1 Å². The van der Waals surface area contributed by atoms with Crippen molar-refractivity contribution in [2.24, 2.45) is 0 Å².